The Morgan fingerprint density at radius 1 is 1.32 bits per heavy atom. The SMILES string of the molecule is CCOC(=O)NC(CNC(=NC)N1CCN(c2ccccn2)CC1)C1CC1.I. The van der Waals surface area contributed by atoms with Crippen molar-refractivity contribution < 1.29 is 9.53 Å². The first-order chi connectivity index (χ1) is 13.2. The molecule has 0 radical (unpaired) electrons. The van der Waals surface area contributed by atoms with Gasteiger partial charge in [-0.1, -0.05) is 6.07 Å². The van der Waals surface area contributed by atoms with Crippen molar-refractivity contribution in [3.05, 3.63) is 24.4 Å². The Kier molecular flexibility index (Phi) is 9.07. The number of hydrogen-bond acceptors (Lipinski definition) is 5. The van der Waals surface area contributed by atoms with Gasteiger partial charge in [-0.2, -0.15) is 0 Å². The third kappa shape index (κ3) is 6.39. The molecule has 2 N–H and O–H groups in total. The summed E-state index contributed by atoms with van der Waals surface area (Å²) in [5.41, 5.74) is 0. The zero-order valence-corrected chi connectivity index (χ0v) is 19.0. The summed E-state index contributed by atoms with van der Waals surface area (Å²) in [6.45, 7) is 6.45. The fourth-order valence-corrected chi connectivity index (χ4v) is 3.38. The van der Waals surface area contributed by atoms with Crippen LogP contribution in [0.25, 0.3) is 0 Å². The van der Waals surface area contributed by atoms with E-state index in [1.165, 1.54) is 0 Å². The van der Waals surface area contributed by atoms with E-state index < -0.39 is 0 Å². The number of guanidine groups is 1. The monoisotopic (exact) mass is 502 g/mol. The number of ether oxygens (including phenoxy) is 1. The molecule has 156 valence electrons. The molecule has 2 aliphatic rings. The van der Waals surface area contributed by atoms with E-state index >= 15 is 0 Å². The molecule has 0 spiro atoms. The summed E-state index contributed by atoms with van der Waals surface area (Å²) in [5.74, 6) is 2.43. The Morgan fingerprint density at radius 2 is 2.07 bits per heavy atom. The van der Waals surface area contributed by atoms with Gasteiger partial charge in [0.25, 0.3) is 0 Å². The van der Waals surface area contributed by atoms with Crippen LogP contribution in [-0.2, 0) is 4.74 Å². The maximum Gasteiger partial charge on any atom is 0.407 e. The van der Waals surface area contributed by atoms with Crippen LogP contribution in [0, 0.1) is 5.92 Å². The molecule has 28 heavy (non-hydrogen) atoms. The van der Waals surface area contributed by atoms with Gasteiger partial charge < -0.3 is 25.2 Å². The normalized spacial score (nSPS) is 18.1. The minimum absolute atomic E-state index is 0. The first kappa shape index (κ1) is 22.5. The van der Waals surface area contributed by atoms with E-state index in [1.54, 1.807) is 7.05 Å². The van der Waals surface area contributed by atoms with Gasteiger partial charge in [0.15, 0.2) is 5.96 Å². The Bertz CT molecular complexity index is 633. The van der Waals surface area contributed by atoms with Gasteiger partial charge in [0.2, 0.25) is 0 Å². The molecule has 1 aliphatic carbocycles. The van der Waals surface area contributed by atoms with Crippen LogP contribution in [0.5, 0.6) is 0 Å². The first-order valence-electron chi connectivity index (χ1n) is 9.76. The van der Waals surface area contributed by atoms with Crippen LogP contribution in [-0.4, -0.2) is 74.4 Å². The van der Waals surface area contributed by atoms with Crippen molar-refractivity contribution in [2.24, 2.45) is 10.9 Å². The number of pyridine rings is 1. The van der Waals surface area contributed by atoms with Crippen LogP contribution in [0.2, 0.25) is 0 Å². The molecule has 0 aromatic carbocycles. The smallest absolute Gasteiger partial charge is 0.407 e. The molecule has 0 bridgehead atoms. The minimum atomic E-state index is -0.338. The van der Waals surface area contributed by atoms with E-state index in [0.29, 0.717) is 19.1 Å². The van der Waals surface area contributed by atoms with Crippen LogP contribution in [0.4, 0.5) is 10.6 Å². The fraction of sp³-hybridized carbons (Fsp3) is 0.632. The van der Waals surface area contributed by atoms with E-state index in [9.17, 15) is 4.79 Å². The van der Waals surface area contributed by atoms with Crippen molar-refractivity contribution in [2.45, 2.75) is 25.8 Å². The van der Waals surface area contributed by atoms with Crippen LogP contribution >= 0.6 is 24.0 Å². The lowest BCUT2D eigenvalue weighted by molar-refractivity contribution is 0.146. The van der Waals surface area contributed by atoms with E-state index in [2.05, 4.69) is 30.4 Å². The summed E-state index contributed by atoms with van der Waals surface area (Å²) in [5, 5.41) is 6.41. The van der Waals surface area contributed by atoms with Crippen molar-refractivity contribution >= 4 is 41.8 Å². The highest BCUT2D eigenvalue weighted by atomic mass is 127. The molecule has 1 amide bonds. The second kappa shape index (κ2) is 11.3. The van der Waals surface area contributed by atoms with E-state index in [0.717, 1.165) is 50.8 Å². The van der Waals surface area contributed by atoms with Crippen molar-refractivity contribution in [1.29, 1.82) is 0 Å². The first-order valence-corrected chi connectivity index (χ1v) is 9.76. The molecular formula is C19H31IN6O2. The number of carbonyl (C=O) groups excluding carboxylic acids is 1. The van der Waals surface area contributed by atoms with Crippen LogP contribution < -0.4 is 15.5 Å². The predicted molar refractivity (Wildman–Crippen MR) is 121 cm³/mol. The van der Waals surface area contributed by atoms with Gasteiger partial charge >= 0.3 is 6.09 Å². The zero-order chi connectivity index (χ0) is 19.1. The Labute approximate surface area is 184 Å². The standard InChI is InChI=1S/C19H30N6O2.HI/c1-3-27-19(26)23-16(15-7-8-15)14-22-18(20-2)25-12-10-24(11-13-25)17-6-4-5-9-21-17;/h4-6,9,15-16H,3,7-8,10-14H2,1-2H3,(H,20,22)(H,23,26);1H. The minimum Gasteiger partial charge on any atom is -0.450 e. The number of hydrogen-bond donors (Lipinski definition) is 2. The predicted octanol–water partition coefficient (Wildman–Crippen LogP) is 1.92. The van der Waals surface area contributed by atoms with Crippen LogP contribution in [0.1, 0.15) is 19.8 Å². The topological polar surface area (TPSA) is 82.1 Å². The Morgan fingerprint density at radius 3 is 2.64 bits per heavy atom. The number of aliphatic imine (C=N–C) groups is 1. The summed E-state index contributed by atoms with van der Waals surface area (Å²) in [6.07, 6.45) is 3.80. The molecular weight excluding hydrogens is 471 g/mol. The maximum absolute atomic E-state index is 11.8. The van der Waals surface area contributed by atoms with Gasteiger partial charge in [0, 0.05) is 46.0 Å². The average Bonchev–Trinajstić information content (AvgIpc) is 3.54. The largest absolute Gasteiger partial charge is 0.450 e. The fourth-order valence-electron chi connectivity index (χ4n) is 3.38. The van der Waals surface area contributed by atoms with E-state index in [-0.39, 0.29) is 36.1 Å². The van der Waals surface area contributed by atoms with Crippen LogP contribution in [0.15, 0.2) is 29.4 Å². The second-order valence-electron chi connectivity index (χ2n) is 6.90. The highest BCUT2D eigenvalue weighted by molar-refractivity contribution is 14.0. The third-order valence-corrected chi connectivity index (χ3v) is 5.01. The van der Waals surface area contributed by atoms with E-state index in [1.807, 2.05) is 31.3 Å². The molecule has 1 aromatic heterocycles. The number of nitrogens with one attached hydrogen (secondary N) is 2. The highest BCUT2D eigenvalue weighted by Crippen LogP contribution is 2.32. The van der Waals surface area contributed by atoms with E-state index in [4.69, 9.17) is 4.74 Å². The quantitative estimate of drug-likeness (QED) is 0.352. The number of aromatic nitrogens is 1. The number of piperazine rings is 1. The van der Waals surface area contributed by atoms with Gasteiger partial charge in [-0.3, -0.25) is 4.99 Å². The van der Waals surface area contributed by atoms with Crippen molar-refractivity contribution in [2.75, 3.05) is 51.3 Å². The molecule has 1 saturated carbocycles. The van der Waals surface area contributed by atoms with Gasteiger partial charge in [0.1, 0.15) is 5.82 Å². The lowest BCUT2D eigenvalue weighted by Crippen LogP contribution is -2.55. The molecule has 2 fully saturated rings. The summed E-state index contributed by atoms with van der Waals surface area (Å²) in [4.78, 5) is 25.2. The summed E-state index contributed by atoms with van der Waals surface area (Å²) in [7, 11) is 1.80. The lowest BCUT2D eigenvalue weighted by atomic mass is 10.2. The number of nitrogens with zero attached hydrogens (tertiary/aromatic N) is 4. The number of carbonyl (C=O) groups is 1. The van der Waals surface area contributed by atoms with Gasteiger partial charge in [-0.25, -0.2) is 9.78 Å². The van der Waals surface area contributed by atoms with Gasteiger partial charge in [0.05, 0.1) is 12.6 Å². The molecule has 1 aromatic rings. The number of amides is 1. The van der Waals surface area contributed by atoms with Gasteiger partial charge in [-0.15, -0.1) is 24.0 Å². The Balaban J connectivity index is 0.00000280. The third-order valence-electron chi connectivity index (χ3n) is 5.01. The zero-order valence-electron chi connectivity index (χ0n) is 16.6. The lowest BCUT2D eigenvalue weighted by Gasteiger charge is -2.37. The number of anilines is 1. The number of alkyl carbamates (subject to hydrolysis) is 1. The number of rotatable bonds is 6. The molecule has 3 rings (SSSR count). The maximum atomic E-state index is 11.8. The van der Waals surface area contributed by atoms with Crippen molar-refractivity contribution in [3.63, 3.8) is 0 Å². The Hall–Kier alpha value is -1.78. The molecule has 1 aliphatic heterocycles. The van der Waals surface area contributed by atoms with Crippen molar-refractivity contribution in [3.8, 4) is 0 Å². The summed E-state index contributed by atoms with van der Waals surface area (Å²) >= 11 is 0. The summed E-state index contributed by atoms with van der Waals surface area (Å²) in [6, 6.07) is 6.08. The highest BCUT2D eigenvalue weighted by Gasteiger charge is 2.33. The average molecular weight is 502 g/mol. The van der Waals surface area contributed by atoms with Crippen molar-refractivity contribution in [1.82, 2.24) is 20.5 Å². The second-order valence-corrected chi connectivity index (χ2v) is 6.90. The number of halogens is 1. The molecule has 9 heteroatoms. The molecule has 1 atom stereocenters. The summed E-state index contributed by atoms with van der Waals surface area (Å²) < 4.78 is 5.02. The molecule has 1 saturated heterocycles. The molecule has 8 nitrogen and oxygen atoms in total. The molecule has 1 unspecified atom stereocenters. The molecule has 2 heterocycles. The van der Waals surface area contributed by atoms with Crippen LogP contribution in [0.3, 0.4) is 0 Å². The van der Waals surface area contributed by atoms with Gasteiger partial charge in [-0.05, 0) is 37.8 Å².